The summed E-state index contributed by atoms with van der Waals surface area (Å²) in [6.45, 7) is 0. The van der Waals surface area contributed by atoms with Crippen molar-refractivity contribution in [2.75, 3.05) is 11.8 Å². The summed E-state index contributed by atoms with van der Waals surface area (Å²) < 4.78 is 70.3. The van der Waals surface area contributed by atoms with Crippen LogP contribution in [0.2, 0.25) is 0 Å². The van der Waals surface area contributed by atoms with Gasteiger partial charge in [-0.2, -0.15) is 0 Å². The third kappa shape index (κ3) is 3.25. The van der Waals surface area contributed by atoms with Gasteiger partial charge in [0.15, 0.2) is 23.2 Å². The van der Waals surface area contributed by atoms with Gasteiger partial charge in [0, 0.05) is 6.07 Å². The van der Waals surface area contributed by atoms with Gasteiger partial charge in [-0.3, -0.25) is 14.8 Å². The molecule has 24 heavy (non-hydrogen) atoms. The molecule has 0 unspecified atom stereocenters. The number of sulfonamides is 1. The third-order valence-corrected chi connectivity index (χ3v) is 4.30. The maximum atomic E-state index is 13.6. The van der Waals surface area contributed by atoms with Gasteiger partial charge in [-0.15, -0.1) is 0 Å². The summed E-state index contributed by atoms with van der Waals surface area (Å²) in [7, 11) is -3.33. The van der Waals surface area contributed by atoms with E-state index in [1.165, 1.54) is 0 Å². The molecule has 0 saturated heterocycles. The summed E-state index contributed by atoms with van der Waals surface area (Å²) in [4.78, 5) is 9.46. The molecule has 0 spiro atoms. The minimum absolute atomic E-state index is 0.182. The number of halogens is 3. The lowest BCUT2D eigenvalue weighted by atomic mass is 10.3. The van der Waals surface area contributed by atoms with E-state index in [-0.39, 0.29) is 5.75 Å². The van der Waals surface area contributed by atoms with E-state index in [1.54, 1.807) is 4.72 Å². The molecule has 2 aromatic carbocycles. The molecule has 0 aromatic heterocycles. The first-order valence-corrected chi connectivity index (χ1v) is 7.64. The van der Waals surface area contributed by atoms with E-state index in [0.717, 1.165) is 19.2 Å². The fraction of sp³-hybridized carbons (Fsp3) is 0.0769. The second kappa shape index (κ2) is 6.35. The minimum Gasteiger partial charge on any atom is -0.490 e. The van der Waals surface area contributed by atoms with Crippen LogP contribution in [0.5, 0.6) is 5.75 Å². The number of benzene rings is 2. The van der Waals surface area contributed by atoms with Crippen LogP contribution in [-0.2, 0) is 10.0 Å². The molecule has 0 bridgehead atoms. The van der Waals surface area contributed by atoms with Crippen molar-refractivity contribution in [3.63, 3.8) is 0 Å². The predicted octanol–water partition coefficient (Wildman–Crippen LogP) is 2.82. The smallest absolute Gasteiger partial charge is 0.312 e. The van der Waals surface area contributed by atoms with Gasteiger partial charge in [-0.1, -0.05) is 0 Å². The van der Waals surface area contributed by atoms with Crippen molar-refractivity contribution in [2.24, 2.45) is 0 Å². The fourth-order valence-electron chi connectivity index (χ4n) is 1.79. The van der Waals surface area contributed by atoms with Crippen molar-refractivity contribution in [3.8, 4) is 5.75 Å². The molecule has 0 atom stereocenters. The molecular formula is C13H9F3N2O5S. The zero-order valence-electron chi connectivity index (χ0n) is 11.9. The van der Waals surface area contributed by atoms with Crippen LogP contribution in [0.3, 0.4) is 0 Å². The zero-order chi connectivity index (χ0) is 18.1. The molecule has 0 aliphatic rings. The van der Waals surface area contributed by atoms with Crippen molar-refractivity contribution in [1.82, 2.24) is 0 Å². The van der Waals surface area contributed by atoms with Gasteiger partial charge in [-0.25, -0.2) is 21.6 Å². The Morgan fingerprint density at radius 3 is 2.38 bits per heavy atom. The van der Waals surface area contributed by atoms with E-state index < -0.39 is 48.7 Å². The number of nitrogens with zero attached hydrogens (tertiary/aromatic N) is 1. The van der Waals surface area contributed by atoms with Crippen LogP contribution in [0.1, 0.15) is 0 Å². The Kier molecular flexibility index (Phi) is 4.64. The number of nitrogens with one attached hydrogen (secondary N) is 1. The summed E-state index contributed by atoms with van der Waals surface area (Å²) in [5.41, 5.74) is -1.47. The molecule has 2 aromatic rings. The molecule has 7 nitrogen and oxygen atoms in total. The number of anilines is 1. The topological polar surface area (TPSA) is 98.5 Å². The normalized spacial score (nSPS) is 11.2. The molecule has 0 amide bonds. The monoisotopic (exact) mass is 362 g/mol. The molecule has 0 radical (unpaired) electrons. The summed E-state index contributed by atoms with van der Waals surface area (Å²) in [6, 6.07) is 3.93. The van der Waals surface area contributed by atoms with E-state index in [4.69, 9.17) is 4.74 Å². The number of hydrogen-bond donors (Lipinski definition) is 1. The first-order valence-electron chi connectivity index (χ1n) is 6.16. The number of nitro benzene ring substituents is 1. The van der Waals surface area contributed by atoms with E-state index in [2.05, 4.69) is 0 Å². The lowest BCUT2D eigenvalue weighted by Gasteiger charge is -2.10. The Morgan fingerprint density at radius 1 is 1.12 bits per heavy atom. The van der Waals surface area contributed by atoms with Crippen LogP contribution >= 0.6 is 0 Å². The van der Waals surface area contributed by atoms with Crippen LogP contribution in [0.15, 0.2) is 35.2 Å². The number of methoxy groups -OCH3 is 1. The summed E-state index contributed by atoms with van der Waals surface area (Å²) in [6.07, 6.45) is 0. The molecule has 0 heterocycles. The Balaban J connectivity index is 2.47. The lowest BCUT2D eigenvalue weighted by molar-refractivity contribution is -0.386. The van der Waals surface area contributed by atoms with Gasteiger partial charge in [-0.05, 0) is 24.3 Å². The lowest BCUT2D eigenvalue weighted by Crippen LogP contribution is -2.15. The SMILES string of the molecule is COc1ccc(S(=O)(=O)Nc2ccc(F)c(F)c2F)cc1[N+](=O)[O-]. The molecule has 0 aliphatic heterocycles. The van der Waals surface area contributed by atoms with Gasteiger partial charge in [0.1, 0.15) is 0 Å². The summed E-state index contributed by atoms with van der Waals surface area (Å²) in [5, 5.41) is 10.9. The maximum Gasteiger partial charge on any atom is 0.312 e. The van der Waals surface area contributed by atoms with Gasteiger partial charge >= 0.3 is 5.69 Å². The summed E-state index contributed by atoms with van der Waals surface area (Å²) >= 11 is 0. The van der Waals surface area contributed by atoms with E-state index in [1.807, 2.05) is 0 Å². The van der Waals surface area contributed by atoms with Gasteiger partial charge in [0.25, 0.3) is 10.0 Å². The number of nitro groups is 1. The Labute approximate surface area is 133 Å². The largest absolute Gasteiger partial charge is 0.490 e. The highest BCUT2D eigenvalue weighted by Crippen LogP contribution is 2.30. The van der Waals surface area contributed by atoms with E-state index in [9.17, 15) is 31.7 Å². The van der Waals surface area contributed by atoms with Crippen LogP contribution in [0, 0.1) is 27.6 Å². The molecule has 0 fully saturated rings. The number of ether oxygens (including phenoxy) is 1. The minimum atomic E-state index is -4.49. The average Bonchev–Trinajstić information content (AvgIpc) is 2.54. The standard InChI is InChI=1S/C13H9F3N2O5S/c1-23-11-5-2-7(6-10(11)18(19)20)24(21,22)17-9-4-3-8(14)12(15)13(9)16/h2-6,17H,1H3. The van der Waals surface area contributed by atoms with Crippen molar-refractivity contribution < 1.29 is 31.2 Å². The van der Waals surface area contributed by atoms with Crippen LogP contribution in [-0.4, -0.2) is 20.5 Å². The zero-order valence-corrected chi connectivity index (χ0v) is 12.7. The molecule has 128 valence electrons. The van der Waals surface area contributed by atoms with Gasteiger partial charge < -0.3 is 4.74 Å². The fourth-order valence-corrected chi connectivity index (χ4v) is 2.87. The van der Waals surface area contributed by atoms with Gasteiger partial charge in [0.2, 0.25) is 0 Å². The molecule has 2 rings (SSSR count). The predicted molar refractivity (Wildman–Crippen MR) is 76.8 cm³/mol. The van der Waals surface area contributed by atoms with Crippen molar-refractivity contribution >= 4 is 21.4 Å². The highest BCUT2D eigenvalue weighted by atomic mass is 32.2. The molecule has 11 heteroatoms. The van der Waals surface area contributed by atoms with Crippen molar-refractivity contribution in [3.05, 3.63) is 57.9 Å². The Hall–Kier alpha value is -2.82. The van der Waals surface area contributed by atoms with Crippen molar-refractivity contribution in [2.45, 2.75) is 4.90 Å². The first kappa shape index (κ1) is 17.5. The van der Waals surface area contributed by atoms with Crippen molar-refractivity contribution in [1.29, 1.82) is 0 Å². The first-order chi connectivity index (χ1) is 11.2. The second-order valence-electron chi connectivity index (χ2n) is 4.42. The average molecular weight is 362 g/mol. The van der Waals surface area contributed by atoms with Crippen LogP contribution < -0.4 is 9.46 Å². The van der Waals surface area contributed by atoms with Crippen LogP contribution in [0.25, 0.3) is 0 Å². The number of hydrogen-bond acceptors (Lipinski definition) is 5. The van der Waals surface area contributed by atoms with Crippen LogP contribution in [0.4, 0.5) is 24.5 Å². The molecule has 0 aliphatic carbocycles. The third-order valence-electron chi connectivity index (χ3n) is 2.94. The second-order valence-corrected chi connectivity index (χ2v) is 6.10. The quantitative estimate of drug-likeness (QED) is 0.501. The molecule has 0 saturated carbocycles. The molecule has 1 N–H and O–H groups in total. The Bertz CT molecular complexity index is 918. The molecular weight excluding hydrogens is 353 g/mol. The number of rotatable bonds is 5. The summed E-state index contributed by atoms with van der Waals surface area (Å²) in [5.74, 6) is -5.26. The van der Waals surface area contributed by atoms with E-state index >= 15 is 0 Å². The highest BCUT2D eigenvalue weighted by Gasteiger charge is 2.24. The van der Waals surface area contributed by atoms with Gasteiger partial charge in [0.05, 0.1) is 22.6 Å². The maximum absolute atomic E-state index is 13.6. The van der Waals surface area contributed by atoms with E-state index in [0.29, 0.717) is 18.2 Å². The Morgan fingerprint density at radius 2 is 1.79 bits per heavy atom. The highest BCUT2D eigenvalue weighted by molar-refractivity contribution is 7.92.